The van der Waals surface area contributed by atoms with Crippen LogP contribution in [0.1, 0.15) is 37.7 Å². The predicted molar refractivity (Wildman–Crippen MR) is 93.2 cm³/mol. The molecule has 1 atom stereocenters. The molecule has 0 spiro atoms. The summed E-state index contributed by atoms with van der Waals surface area (Å²) < 4.78 is 25.1. The molecule has 7 nitrogen and oxygen atoms in total. The number of nitrogens with one attached hydrogen (secondary N) is 3. The van der Waals surface area contributed by atoms with Crippen molar-refractivity contribution in [2.24, 2.45) is 0 Å². The molecule has 3 amide bonds. The number of benzene rings is 1. The van der Waals surface area contributed by atoms with Crippen LogP contribution in [0.15, 0.2) is 30.3 Å². The van der Waals surface area contributed by atoms with Gasteiger partial charge in [-0.2, -0.15) is 0 Å². The first-order chi connectivity index (χ1) is 12.8. The summed E-state index contributed by atoms with van der Waals surface area (Å²) in [4.78, 5) is 36.0. The maximum absolute atomic E-state index is 12.6. The van der Waals surface area contributed by atoms with Crippen molar-refractivity contribution in [3.63, 3.8) is 0 Å². The molecule has 1 saturated carbocycles. The lowest BCUT2D eigenvalue weighted by atomic mass is 9.95. The van der Waals surface area contributed by atoms with Crippen molar-refractivity contribution in [1.82, 2.24) is 16.0 Å². The molecule has 1 aliphatic rings. The molecule has 0 radical (unpaired) electrons. The molecule has 1 fully saturated rings. The number of amides is 3. The van der Waals surface area contributed by atoms with Gasteiger partial charge in [-0.1, -0.05) is 43.2 Å². The van der Waals surface area contributed by atoms with Crippen molar-refractivity contribution in [2.45, 2.75) is 56.7 Å². The summed E-state index contributed by atoms with van der Waals surface area (Å²) in [5.74, 6) is -2.28. The Hall–Kier alpha value is -2.71. The average molecular weight is 383 g/mol. The maximum atomic E-state index is 12.6. The summed E-state index contributed by atoms with van der Waals surface area (Å²) in [7, 11) is 0. The molecule has 9 heteroatoms. The summed E-state index contributed by atoms with van der Waals surface area (Å²) in [6.07, 6.45) is -1.89. The molecular formula is C18H23F2N3O4. The molecular weight excluding hydrogens is 360 g/mol. The van der Waals surface area contributed by atoms with Crippen LogP contribution < -0.4 is 16.0 Å². The number of aliphatic carboxylic acids is 1. The van der Waals surface area contributed by atoms with E-state index in [1.165, 1.54) is 0 Å². The highest BCUT2D eigenvalue weighted by Crippen LogP contribution is 2.30. The molecule has 148 valence electrons. The molecule has 0 saturated heterocycles. The SMILES string of the molecule is O=C(NCc1ccccc1)NC1(C(=O)NC(CC(F)F)C(=O)O)CCCC1. The second kappa shape index (κ2) is 9.29. The molecule has 27 heavy (non-hydrogen) atoms. The fourth-order valence-corrected chi connectivity index (χ4v) is 3.12. The van der Waals surface area contributed by atoms with Crippen molar-refractivity contribution in [3.05, 3.63) is 35.9 Å². The van der Waals surface area contributed by atoms with Gasteiger partial charge in [0.25, 0.3) is 0 Å². The van der Waals surface area contributed by atoms with Gasteiger partial charge in [-0.25, -0.2) is 18.4 Å². The van der Waals surface area contributed by atoms with E-state index in [1.54, 1.807) is 0 Å². The standard InChI is InChI=1S/C18H23F2N3O4/c19-14(20)10-13(15(24)25)22-16(26)18(8-4-5-9-18)23-17(27)21-11-12-6-2-1-3-7-12/h1-3,6-7,13-14H,4-5,8-11H2,(H,22,26)(H,24,25)(H2,21,23,27). The number of hydrogen-bond acceptors (Lipinski definition) is 3. The van der Waals surface area contributed by atoms with Crippen molar-refractivity contribution in [2.75, 3.05) is 0 Å². The second-order valence-electron chi connectivity index (χ2n) is 6.57. The van der Waals surface area contributed by atoms with Gasteiger partial charge in [0.2, 0.25) is 12.3 Å². The topological polar surface area (TPSA) is 108 Å². The molecule has 1 aromatic carbocycles. The summed E-state index contributed by atoms with van der Waals surface area (Å²) in [6.45, 7) is 0.257. The number of rotatable bonds is 8. The fourth-order valence-electron chi connectivity index (χ4n) is 3.12. The molecule has 1 aliphatic carbocycles. The smallest absolute Gasteiger partial charge is 0.326 e. The lowest BCUT2D eigenvalue weighted by molar-refractivity contribution is -0.144. The van der Waals surface area contributed by atoms with Crippen LogP contribution in [0.5, 0.6) is 0 Å². The monoisotopic (exact) mass is 383 g/mol. The van der Waals surface area contributed by atoms with Crippen LogP contribution in [0.4, 0.5) is 13.6 Å². The Balaban J connectivity index is 1.99. The third-order valence-electron chi connectivity index (χ3n) is 4.56. The lowest BCUT2D eigenvalue weighted by Crippen LogP contribution is -2.61. The van der Waals surface area contributed by atoms with Crippen molar-refractivity contribution in [3.8, 4) is 0 Å². The van der Waals surface area contributed by atoms with Crippen LogP contribution >= 0.6 is 0 Å². The van der Waals surface area contributed by atoms with Crippen LogP contribution in [0.2, 0.25) is 0 Å². The number of carbonyl (C=O) groups excluding carboxylic acids is 2. The molecule has 0 bridgehead atoms. The van der Waals surface area contributed by atoms with E-state index in [-0.39, 0.29) is 6.54 Å². The first-order valence-corrected chi connectivity index (χ1v) is 8.74. The molecule has 2 rings (SSSR count). The highest BCUT2D eigenvalue weighted by atomic mass is 19.3. The van der Waals surface area contributed by atoms with Crippen LogP contribution in [0, 0.1) is 0 Å². The van der Waals surface area contributed by atoms with Gasteiger partial charge in [-0.15, -0.1) is 0 Å². The van der Waals surface area contributed by atoms with Gasteiger partial charge >= 0.3 is 12.0 Å². The van der Waals surface area contributed by atoms with Crippen molar-refractivity contribution >= 4 is 17.9 Å². The number of alkyl halides is 2. The van der Waals surface area contributed by atoms with E-state index in [1.807, 2.05) is 30.3 Å². The number of carbonyl (C=O) groups is 3. The summed E-state index contributed by atoms with van der Waals surface area (Å²) >= 11 is 0. The number of carboxylic acids is 1. The number of hydrogen-bond donors (Lipinski definition) is 4. The predicted octanol–water partition coefficient (Wildman–Crippen LogP) is 2.02. The molecule has 0 aliphatic heterocycles. The summed E-state index contributed by atoms with van der Waals surface area (Å²) in [5, 5.41) is 16.5. The third-order valence-corrected chi connectivity index (χ3v) is 4.56. The van der Waals surface area contributed by atoms with E-state index >= 15 is 0 Å². The molecule has 0 aromatic heterocycles. The van der Waals surface area contributed by atoms with Gasteiger partial charge in [0, 0.05) is 13.0 Å². The van der Waals surface area contributed by atoms with Gasteiger partial charge in [-0.3, -0.25) is 4.79 Å². The number of halogens is 2. The second-order valence-corrected chi connectivity index (χ2v) is 6.57. The van der Waals surface area contributed by atoms with E-state index in [0.29, 0.717) is 25.7 Å². The van der Waals surface area contributed by atoms with Crippen LogP contribution in [0.25, 0.3) is 0 Å². The molecule has 0 heterocycles. The van der Waals surface area contributed by atoms with Crippen molar-refractivity contribution in [1.29, 1.82) is 0 Å². The zero-order valence-corrected chi connectivity index (χ0v) is 14.7. The maximum Gasteiger partial charge on any atom is 0.326 e. The molecule has 1 unspecified atom stereocenters. The van der Waals surface area contributed by atoms with Gasteiger partial charge in [0.05, 0.1) is 0 Å². The molecule has 1 aromatic rings. The molecule has 4 N–H and O–H groups in total. The zero-order chi connectivity index (χ0) is 19.9. The minimum Gasteiger partial charge on any atom is -0.480 e. The van der Waals surface area contributed by atoms with E-state index < -0.39 is 42.3 Å². The minimum absolute atomic E-state index is 0.257. The summed E-state index contributed by atoms with van der Waals surface area (Å²) in [5.41, 5.74) is -0.420. The Morgan fingerprint density at radius 2 is 1.74 bits per heavy atom. The Bertz CT molecular complexity index is 664. The first kappa shape index (κ1) is 20.6. The normalized spacial score (nSPS) is 16.6. The van der Waals surface area contributed by atoms with Gasteiger partial charge in [-0.05, 0) is 18.4 Å². The third kappa shape index (κ3) is 5.90. The van der Waals surface area contributed by atoms with E-state index in [0.717, 1.165) is 5.56 Å². The van der Waals surface area contributed by atoms with E-state index in [9.17, 15) is 23.2 Å². The highest BCUT2D eigenvalue weighted by molar-refractivity contribution is 5.93. The van der Waals surface area contributed by atoms with Gasteiger partial charge in [0.1, 0.15) is 11.6 Å². The largest absolute Gasteiger partial charge is 0.480 e. The van der Waals surface area contributed by atoms with Crippen molar-refractivity contribution < 1.29 is 28.3 Å². The van der Waals surface area contributed by atoms with Gasteiger partial charge < -0.3 is 21.1 Å². The van der Waals surface area contributed by atoms with Crippen LogP contribution in [0.3, 0.4) is 0 Å². The average Bonchev–Trinajstić information content (AvgIpc) is 3.09. The highest BCUT2D eigenvalue weighted by Gasteiger charge is 2.44. The first-order valence-electron chi connectivity index (χ1n) is 8.74. The van der Waals surface area contributed by atoms with Gasteiger partial charge in [0.15, 0.2) is 0 Å². The summed E-state index contributed by atoms with van der Waals surface area (Å²) in [6, 6.07) is 6.90. The zero-order valence-electron chi connectivity index (χ0n) is 14.7. The van der Waals surface area contributed by atoms with E-state index in [4.69, 9.17) is 5.11 Å². The Morgan fingerprint density at radius 3 is 2.30 bits per heavy atom. The quantitative estimate of drug-likeness (QED) is 0.551. The Labute approximate surface area is 155 Å². The van der Waals surface area contributed by atoms with Crippen LogP contribution in [-0.2, 0) is 16.1 Å². The minimum atomic E-state index is -2.87. The Kier molecular flexibility index (Phi) is 7.09. The fraction of sp³-hybridized carbons (Fsp3) is 0.500. The van der Waals surface area contributed by atoms with Crippen LogP contribution in [-0.4, -0.2) is 41.0 Å². The van der Waals surface area contributed by atoms with E-state index in [2.05, 4.69) is 16.0 Å². The Morgan fingerprint density at radius 1 is 1.11 bits per heavy atom. The lowest BCUT2D eigenvalue weighted by Gasteiger charge is -2.30. The number of urea groups is 1. The number of carboxylic acid groups (broad SMARTS) is 1.